The summed E-state index contributed by atoms with van der Waals surface area (Å²) in [7, 11) is 0. The van der Waals surface area contributed by atoms with Crippen molar-refractivity contribution in [3.05, 3.63) is 358 Å². The summed E-state index contributed by atoms with van der Waals surface area (Å²) in [6.07, 6.45) is 5.77. The Morgan fingerprint density at radius 3 is 1.04 bits per heavy atom. The van der Waals surface area contributed by atoms with Crippen molar-refractivity contribution < 1.29 is 0 Å². The summed E-state index contributed by atoms with van der Waals surface area (Å²) in [5, 5.41) is 27.0. The molecule has 0 atom stereocenters. The van der Waals surface area contributed by atoms with Crippen molar-refractivity contribution in [3.63, 3.8) is 0 Å². The van der Waals surface area contributed by atoms with E-state index in [9.17, 15) is 0 Å². The Morgan fingerprint density at radius 2 is 0.546 bits per heavy atom. The maximum atomic E-state index is 5.25. The molecule has 13 nitrogen and oxygen atoms in total. The molecule has 548 valence electrons. The van der Waals surface area contributed by atoms with E-state index in [1.807, 2.05) is 122 Å². The smallest absolute Gasteiger partial charge is 0.235 e. The largest absolute Gasteiger partial charge is 0.309 e. The second-order valence-corrected chi connectivity index (χ2v) is 30.8. The van der Waals surface area contributed by atoms with Crippen molar-refractivity contribution in [1.29, 1.82) is 0 Å². The molecule has 19 aromatic carbocycles. The molecular formula is C106H59N13. The second-order valence-electron chi connectivity index (χ2n) is 30.8. The average Bonchev–Trinajstić information content (AvgIpc) is 1.55. The molecule has 13 heteroatoms. The van der Waals surface area contributed by atoms with Crippen LogP contribution in [0.1, 0.15) is 0 Å². The lowest BCUT2D eigenvalue weighted by Crippen LogP contribution is -2.03. The molecule has 0 unspecified atom stereocenters. The summed E-state index contributed by atoms with van der Waals surface area (Å²) in [4.78, 5) is 50.2. The third-order valence-electron chi connectivity index (χ3n) is 24.5. The standard InChI is InChI=1S/C40H23N5.2C33H18N4/c1-3-9-26(10-4-1)38-42-39(27-11-5-2-6-12-27)44-40(43-38)28-13-7-14-29(23-28)45-31-16-8-15-30-35(31)36-32(45)20-19-24-17-18-25-21-22-41-37(30)34(25)33(24)36;1-2-7-21(8-3-1)31-33(36-24-11-5-4-10-23(24)35-31)37-25-12-6-9-22-29(25)30-26(37)16-15-19-13-14-20-17-18-34-32(22)28(20)27(19)30;1-2-7-21(8-3-1)31-22-9-4-5-11-24(22)35-33(36-31)37-25-12-6-10-23-29(25)30-26(37)16-15-19-13-14-20-17-18-34-32(23)28(20)27(19)30/h1-23H;2*1-18H. The van der Waals surface area contributed by atoms with Crippen LogP contribution in [-0.2, 0) is 0 Å². The number of fused-ring (bicyclic) bond motifs is 5. The Labute approximate surface area is 676 Å². The molecule has 0 radical (unpaired) electrons. The summed E-state index contributed by atoms with van der Waals surface area (Å²) >= 11 is 0. The van der Waals surface area contributed by atoms with E-state index < -0.39 is 0 Å². The monoisotopic (exact) mass is 1510 g/mol. The molecule has 0 bridgehead atoms. The number of nitrogens with zero attached hydrogens (tertiary/aromatic N) is 13. The van der Waals surface area contributed by atoms with Gasteiger partial charge in [0.1, 0.15) is 5.69 Å². The molecule has 0 saturated heterocycles. The molecule has 0 aliphatic heterocycles. The summed E-state index contributed by atoms with van der Waals surface area (Å²) in [5.74, 6) is 3.46. The lowest BCUT2D eigenvalue weighted by Gasteiger charge is -2.14. The SMILES string of the molecule is c1ccc(-c2nc(-c3ccccc3)nc(-c3cccc(-n4c5cccc6c7nccc8ccc9ccc4c(c9c87)c65)c3)n2)cc1.c1ccc(-c2nc(-n3c4cccc5c6nccc7ccc8ccc3c(c8c76)c54)nc3ccccc23)cc1.c1ccc(-c2nc3ccccc3nc2-n2c3cccc4c5nccc6ccc7ccc2c(c7c65)c43)cc1. The molecule has 0 fully saturated rings. The van der Waals surface area contributed by atoms with Gasteiger partial charge in [-0.25, -0.2) is 34.9 Å². The molecule has 119 heavy (non-hydrogen) atoms. The van der Waals surface area contributed by atoms with Crippen molar-refractivity contribution in [3.8, 4) is 74.1 Å². The molecule has 0 N–H and O–H groups in total. The zero-order chi connectivity index (χ0) is 77.7. The van der Waals surface area contributed by atoms with Gasteiger partial charge in [-0.1, -0.05) is 255 Å². The highest BCUT2D eigenvalue weighted by molar-refractivity contribution is 6.42. The lowest BCUT2D eigenvalue weighted by atomic mass is 9.92. The Balaban J connectivity index is 0.0000000975. The fourth-order valence-corrected chi connectivity index (χ4v) is 19.5. The van der Waals surface area contributed by atoms with Crippen molar-refractivity contribution in [1.82, 2.24) is 63.5 Å². The average molecular weight is 1510 g/mol. The van der Waals surface area contributed by atoms with Crippen LogP contribution in [0.15, 0.2) is 358 Å². The molecule has 28 rings (SSSR count). The summed E-state index contributed by atoms with van der Waals surface area (Å²) < 4.78 is 6.91. The molecule has 0 saturated carbocycles. The Morgan fingerprint density at radius 1 is 0.193 bits per heavy atom. The van der Waals surface area contributed by atoms with Gasteiger partial charge in [0.2, 0.25) is 5.95 Å². The number of hydrogen-bond donors (Lipinski definition) is 0. The number of pyridine rings is 3. The van der Waals surface area contributed by atoms with E-state index in [4.69, 9.17) is 49.8 Å². The van der Waals surface area contributed by atoms with Gasteiger partial charge in [0.05, 0.1) is 71.9 Å². The van der Waals surface area contributed by atoms with E-state index in [1.165, 1.54) is 119 Å². The van der Waals surface area contributed by atoms with E-state index in [1.54, 1.807) is 0 Å². The number of hydrogen-bond acceptors (Lipinski definition) is 10. The first-order valence-corrected chi connectivity index (χ1v) is 40.0. The normalized spacial score (nSPS) is 12.2. The first kappa shape index (κ1) is 65.1. The lowest BCUT2D eigenvalue weighted by molar-refractivity contribution is 1.01. The zero-order valence-corrected chi connectivity index (χ0v) is 63.4. The highest BCUT2D eigenvalue weighted by Crippen LogP contribution is 2.51. The number of benzene rings is 19. The number of para-hydroxylation sites is 3. The van der Waals surface area contributed by atoms with Crippen LogP contribution in [0, 0.1) is 0 Å². The van der Waals surface area contributed by atoms with Crippen LogP contribution >= 0.6 is 0 Å². The van der Waals surface area contributed by atoms with Crippen LogP contribution in [0.5, 0.6) is 0 Å². The number of rotatable bonds is 8. The molecule has 0 aliphatic carbocycles. The van der Waals surface area contributed by atoms with Crippen molar-refractivity contribution >= 4 is 185 Å². The molecule has 9 aromatic heterocycles. The Bertz CT molecular complexity index is 8870. The third kappa shape index (κ3) is 9.51. The molecule has 0 spiro atoms. The fourth-order valence-electron chi connectivity index (χ4n) is 19.5. The van der Waals surface area contributed by atoms with E-state index in [2.05, 4.69) is 250 Å². The van der Waals surface area contributed by atoms with Gasteiger partial charge in [0.15, 0.2) is 23.3 Å². The van der Waals surface area contributed by atoms with Gasteiger partial charge in [0, 0.05) is 138 Å². The van der Waals surface area contributed by atoms with Gasteiger partial charge in [-0.3, -0.25) is 24.1 Å². The molecular weight excluding hydrogens is 1460 g/mol. The fraction of sp³-hybridized carbons (Fsp3) is 0. The third-order valence-corrected chi connectivity index (χ3v) is 24.5. The van der Waals surface area contributed by atoms with Crippen LogP contribution in [-0.4, -0.2) is 63.5 Å². The summed E-state index contributed by atoms with van der Waals surface area (Å²) in [6.45, 7) is 0. The maximum absolute atomic E-state index is 5.25. The first-order chi connectivity index (χ1) is 59.0. The number of aromatic nitrogens is 13. The van der Waals surface area contributed by atoms with Crippen LogP contribution in [0.2, 0.25) is 0 Å². The second kappa shape index (κ2) is 25.1. The van der Waals surface area contributed by atoms with Gasteiger partial charge < -0.3 is 4.57 Å². The predicted molar refractivity (Wildman–Crippen MR) is 487 cm³/mol. The Kier molecular flexibility index (Phi) is 13.7. The quantitative estimate of drug-likeness (QED) is 0.107. The van der Waals surface area contributed by atoms with Crippen LogP contribution in [0.3, 0.4) is 0 Å². The van der Waals surface area contributed by atoms with Crippen LogP contribution in [0.25, 0.3) is 259 Å². The first-order valence-electron chi connectivity index (χ1n) is 40.0. The molecule has 0 amide bonds. The van der Waals surface area contributed by atoms with E-state index in [0.717, 1.165) is 117 Å². The highest BCUT2D eigenvalue weighted by Gasteiger charge is 2.29. The van der Waals surface area contributed by atoms with Gasteiger partial charge in [-0.2, -0.15) is 0 Å². The minimum Gasteiger partial charge on any atom is -0.309 e. The van der Waals surface area contributed by atoms with Gasteiger partial charge in [0.25, 0.3) is 0 Å². The summed E-state index contributed by atoms with van der Waals surface area (Å²) in [6, 6.07) is 118. The van der Waals surface area contributed by atoms with Crippen molar-refractivity contribution in [2.24, 2.45) is 0 Å². The maximum Gasteiger partial charge on any atom is 0.235 e. The minimum atomic E-state index is 0.638. The van der Waals surface area contributed by atoms with Gasteiger partial charge in [-0.05, 0) is 117 Å². The molecule has 9 heterocycles. The minimum absolute atomic E-state index is 0.638. The zero-order valence-electron chi connectivity index (χ0n) is 63.4. The topological polar surface area (TPSA) is 144 Å². The predicted octanol–water partition coefficient (Wildman–Crippen LogP) is 25.9. The molecule has 0 aliphatic rings. The summed E-state index contributed by atoms with van der Waals surface area (Å²) in [5.41, 5.74) is 20.5. The van der Waals surface area contributed by atoms with E-state index in [0.29, 0.717) is 23.4 Å². The van der Waals surface area contributed by atoms with Gasteiger partial charge >= 0.3 is 0 Å². The van der Waals surface area contributed by atoms with Crippen molar-refractivity contribution in [2.75, 3.05) is 0 Å². The van der Waals surface area contributed by atoms with Crippen LogP contribution in [0.4, 0.5) is 0 Å². The highest BCUT2D eigenvalue weighted by atomic mass is 15.2. The van der Waals surface area contributed by atoms with Crippen molar-refractivity contribution in [2.45, 2.75) is 0 Å². The van der Waals surface area contributed by atoms with E-state index >= 15 is 0 Å². The van der Waals surface area contributed by atoms with Gasteiger partial charge in [-0.15, -0.1) is 0 Å². The Hall–Kier alpha value is -16.4. The molecule has 28 aromatic rings. The van der Waals surface area contributed by atoms with Crippen LogP contribution < -0.4 is 0 Å². The van der Waals surface area contributed by atoms with E-state index in [-0.39, 0.29) is 0 Å².